The Morgan fingerprint density at radius 3 is 3.00 bits per heavy atom. The maximum Gasteiger partial charge on any atom is 0.0435 e. The van der Waals surface area contributed by atoms with E-state index in [-0.39, 0.29) is 0 Å². The molecule has 0 amide bonds. The molecule has 12 heavy (non-hydrogen) atoms. The minimum atomic E-state index is 1.09. The van der Waals surface area contributed by atoms with Gasteiger partial charge in [-0.25, -0.2) is 0 Å². The zero-order valence-corrected chi connectivity index (χ0v) is 7.64. The van der Waals surface area contributed by atoms with Crippen LogP contribution in [0.25, 0.3) is 0 Å². The van der Waals surface area contributed by atoms with E-state index in [2.05, 4.69) is 18.0 Å². The van der Waals surface area contributed by atoms with Gasteiger partial charge in [-0.3, -0.25) is 4.98 Å². The van der Waals surface area contributed by atoms with Gasteiger partial charge in [-0.15, -0.1) is 0 Å². The highest BCUT2D eigenvalue weighted by Crippen LogP contribution is 2.22. The summed E-state index contributed by atoms with van der Waals surface area (Å²) in [7, 11) is 0. The Hall–Kier alpha value is -0.850. The summed E-state index contributed by atoms with van der Waals surface area (Å²) in [6.45, 7) is 2.19. The van der Waals surface area contributed by atoms with Crippen molar-refractivity contribution in [3.05, 3.63) is 29.1 Å². The van der Waals surface area contributed by atoms with Crippen molar-refractivity contribution in [2.45, 2.75) is 39.0 Å². The predicted molar refractivity (Wildman–Crippen MR) is 50.3 cm³/mol. The molecule has 0 radical (unpaired) electrons. The summed E-state index contributed by atoms with van der Waals surface area (Å²) in [6, 6.07) is 2.19. The van der Waals surface area contributed by atoms with Gasteiger partial charge in [0.05, 0.1) is 0 Å². The lowest BCUT2D eigenvalue weighted by Gasteiger charge is -2.17. The topological polar surface area (TPSA) is 12.9 Å². The van der Waals surface area contributed by atoms with E-state index in [1.165, 1.54) is 31.4 Å². The van der Waals surface area contributed by atoms with Gasteiger partial charge in [-0.2, -0.15) is 0 Å². The lowest BCUT2D eigenvalue weighted by atomic mass is 9.90. The van der Waals surface area contributed by atoms with E-state index in [1.54, 1.807) is 11.1 Å². The normalized spacial score (nSPS) is 15.8. The van der Waals surface area contributed by atoms with Crippen LogP contribution >= 0.6 is 0 Å². The summed E-state index contributed by atoms with van der Waals surface area (Å²) in [5.74, 6) is 0. The van der Waals surface area contributed by atoms with Gasteiger partial charge in [0, 0.05) is 11.9 Å². The SMILES string of the molecule is CCc1nccc2c1CCCC2. The summed E-state index contributed by atoms with van der Waals surface area (Å²) in [5.41, 5.74) is 4.42. The van der Waals surface area contributed by atoms with Gasteiger partial charge in [-0.05, 0) is 49.3 Å². The van der Waals surface area contributed by atoms with Crippen molar-refractivity contribution in [1.29, 1.82) is 0 Å². The predicted octanol–water partition coefficient (Wildman–Crippen LogP) is 2.52. The molecule has 0 atom stereocenters. The number of aromatic nitrogens is 1. The third kappa shape index (κ3) is 1.24. The van der Waals surface area contributed by atoms with Crippen molar-refractivity contribution in [2.75, 3.05) is 0 Å². The minimum absolute atomic E-state index is 1.09. The van der Waals surface area contributed by atoms with Gasteiger partial charge in [0.15, 0.2) is 0 Å². The zero-order valence-electron chi connectivity index (χ0n) is 7.64. The van der Waals surface area contributed by atoms with Crippen LogP contribution in [-0.2, 0) is 19.3 Å². The molecular formula is C11H15N. The van der Waals surface area contributed by atoms with Gasteiger partial charge in [0.25, 0.3) is 0 Å². The Kier molecular flexibility index (Phi) is 2.11. The van der Waals surface area contributed by atoms with Crippen LogP contribution in [0.3, 0.4) is 0 Å². The number of fused-ring (bicyclic) bond motifs is 1. The van der Waals surface area contributed by atoms with Crippen LogP contribution in [0, 0.1) is 0 Å². The fourth-order valence-electron chi connectivity index (χ4n) is 2.04. The molecule has 1 heterocycles. The summed E-state index contributed by atoms with van der Waals surface area (Å²) in [6.07, 6.45) is 8.29. The number of pyridine rings is 1. The molecule has 0 saturated heterocycles. The molecule has 0 aliphatic heterocycles. The summed E-state index contributed by atoms with van der Waals surface area (Å²) in [5, 5.41) is 0. The first-order valence-corrected chi connectivity index (χ1v) is 4.87. The second kappa shape index (κ2) is 3.26. The molecule has 0 bridgehead atoms. The van der Waals surface area contributed by atoms with E-state index in [4.69, 9.17) is 0 Å². The second-order valence-corrected chi connectivity index (χ2v) is 3.46. The summed E-state index contributed by atoms with van der Waals surface area (Å²) < 4.78 is 0. The first kappa shape index (κ1) is 7.78. The van der Waals surface area contributed by atoms with Crippen molar-refractivity contribution in [2.24, 2.45) is 0 Å². The smallest absolute Gasteiger partial charge is 0.0435 e. The van der Waals surface area contributed by atoms with Crippen LogP contribution in [-0.4, -0.2) is 4.98 Å². The number of hydrogen-bond donors (Lipinski definition) is 0. The first-order chi connectivity index (χ1) is 5.92. The Labute approximate surface area is 73.8 Å². The quantitative estimate of drug-likeness (QED) is 0.616. The standard InChI is InChI=1S/C11H15N/c1-2-11-10-6-4-3-5-9(10)7-8-12-11/h7-8H,2-6H2,1H3. The van der Waals surface area contributed by atoms with Gasteiger partial charge in [0.1, 0.15) is 0 Å². The number of rotatable bonds is 1. The van der Waals surface area contributed by atoms with Crippen molar-refractivity contribution in [3.63, 3.8) is 0 Å². The molecule has 0 unspecified atom stereocenters. The zero-order chi connectivity index (χ0) is 8.39. The maximum atomic E-state index is 4.41. The summed E-state index contributed by atoms with van der Waals surface area (Å²) >= 11 is 0. The fraction of sp³-hybridized carbons (Fsp3) is 0.545. The molecule has 1 heteroatoms. The third-order valence-electron chi connectivity index (χ3n) is 2.70. The van der Waals surface area contributed by atoms with Crippen molar-refractivity contribution < 1.29 is 0 Å². The number of aryl methyl sites for hydroxylation is 2. The fourth-order valence-corrected chi connectivity index (χ4v) is 2.04. The molecule has 0 fully saturated rings. The highest BCUT2D eigenvalue weighted by molar-refractivity contribution is 5.32. The van der Waals surface area contributed by atoms with E-state index in [1.807, 2.05) is 6.20 Å². The van der Waals surface area contributed by atoms with Gasteiger partial charge < -0.3 is 0 Å². The summed E-state index contributed by atoms with van der Waals surface area (Å²) in [4.78, 5) is 4.41. The van der Waals surface area contributed by atoms with E-state index in [9.17, 15) is 0 Å². The molecule has 1 aliphatic carbocycles. The van der Waals surface area contributed by atoms with Gasteiger partial charge in [0.2, 0.25) is 0 Å². The minimum Gasteiger partial charge on any atom is -0.261 e. The molecule has 0 spiro atoms. The molecule has 1 aliphatic rings. The van der Waals surface area contributed by atoms with Crippen LogP contribution in [0.15, 0.2) is 12.3 Å². The molecule has 1 nitrogen and oxygen atoms in total. The second-order valence-electron chi connectivity index (χ2n) is 3.46. The van der Waals surface area contributed by atoms with E-state index in [0.29, 0.717) is 0 Å². The number of hydrogen-bond acceptors (Lipinski definition) is 1. The largest absolute Gasteiger partial charge is 0.261 e. The first-order valence-electron chi connectivity index (χ1n) is 4.87. The molecule has 2 rings (SSSR count). The van der Waals surface area contributed by atoms with E-state index in [0.717, 1.165) is 6.42 Å². The van der Waals surface area contributed by atoms with Crippen LogP contribution < -0.4 is 0 Å². The maximum absolute atomic E-state index is 4.41. The highest BCUT2D eigenvalue weighted by Gasteiger charge is 2.11. The lowest BCUT2D eigenvalue weighted by Crippen LogP contribution is -2.07. The van der Waals surface area contributed by atoms with Crippen LogP contribution in [0.2, 0.25) is 0 Å². The van der Waals surface area contributed by atoms with Crippen LogP contribution in [0.4, 0.5) is 0 Å². The molecule has 0 saturated carbocycles. The monoisotopic (exact) mass is 161 g/mol. The van der Waals surface area contributed by atoms with Crippen molar-refractivity contribution in [3.8, 4) is 0 Å². The third-order valence-corrected chi connectivity index (χ3v) is 2.70. The van der Waals surface area contributed by atoms with Gasteiger partial charge >= 0.3 is 0 Å². The molecular weight excluding hydrogens is 146 g/mol. The van der Waals surface area contributed by atoms with Gasteiger partial charge in [-0.1, -0.05) is 6.92 Å². The highest BCUT2D eigenvalue weighted by atomic mass is 14.7. The Morgan fingerprint density at radius 2 is 2.17 bits per heavy atom. The molecule has 64 valence electrons. The Bertz CT molecular complexity index is 264. The van der Waals surface area contributed by atoms with E-state index >= 15 is 0 Å². The average molecular weight is 161 g/mol. The Balaban J connectivity index is 2.44. The molecule has 1 aromatic rings. The number of nitrogens with zero attached hydrogens (tertiary/aromatic N) is 1. The lowest BCUT2D eigenvalue weighted by molar-refractivity contribution is 0.673. The average Bonchev–Trinajstić information content (AvgIpc) is 2.17. The van der Waals surface area contributed by atoms with Crippen LogP contribution in [0.5, 0.6) is 0 Å². The molecule has 1 aromatic heterocycles. The molecule has 0 aromatic carbocycles. The van der Waals surface area contributed by atoms with Crippen LogP contribution in [0.1, 0.15) is 36.6 Å². The molecule has 0 N–H and O–H groups in total. The van der Waals surface area contributed by atoms with Crippen molar-refractivity contribution in [1.82, 2.24) is 4.98 Å². The van der Waals surface area contributed by atoms with Crippen molar-refractivity contribution >= 4 is 0 Å². The van der Waals surface area contributed by atoms with E-state index < -0.39 is 0 Å². The Morgan fingerprint density at radius 1 is 1.33 bits per heavy atom.